The molecule has 3 aromatic heterocycles. The van der Waals surface area contributed by atoms with Crippen molar-refractivity contribution >= 4 is 39.0 Å². The number of methoxy groups -OCH3 is 1. The van der Waals surface area contributed by atoms with Crippen LogP contribution in [0.2, 0.25) is 0 Å². The third kappa shape index (κ3) is 4.62. The SMILES string of the molecule is CCOC(=O)c1sc2ncnc(Nc3cccnc3O[C@@H]3CCC[C@@H](OC)C3)c2c1C. The number of aromatic nitrogens is 3. The minimum absolute atomic E-state index is 0.0536. The number of thiophene rings is 1. The van der Waals surface area contributed by atoms with Crippen molar-refractivity contribution in [1.29, 1.82) is 0 Å². The molecule has 4 rings (SSSR count). The van der Waals surface area contributed by atoms with Crippen molar-refractivity contribution in [2.75, 3.05) is 19.0 Å². The van der Waals surface area contributed by atoms with Crippen LogP contribution in [0.25, 0.3) is 10.2 Å². The van der Waals surface area contributed by atoms with Gasteiger partial charge in [-0.25, -0.2) is 19.7 Å². The number of carbonyl (C=O) groups is 1. The minimum atomic E-state index is -0.343. The van der Waals surface area contributed by atoms with E-state index in [1.54, 1.807) is 20.2 Å². The number of aryl methyl sites for hydroxylation is 1. The highest BCUT2D eigenvalue weighted by molar-refractivity contribution is 7.20. The second kappa shape index (κ2) is 9.57. The molecule has 0 radical (unpaired) electrons. The molecule has 1 N–H and O–H groups in total. The van der Waals surface area contributed by atoms with Crippen molar-refractivity contribution in [2.45, 2.75) is 51.7 Å². The summed E-state index contributed by atoms with van der Waals surface area (Å²) in [6.07, 6.45) is 7.40. The Morgan fingerprint density at radius 3 is 2.90 bits per heavy atom. The standard InChI is InChI=1S/C22H26N4O4S/c1-4-29-22(27)18-13(2)17-19(24-12-25-21(17)31-18)26-16-9-6-10-23-20(16)30-15-8-5-7-14(11-15)28-3/h6,9-10,12,14-15H,4-5,7-8,11H2,1-3H3,(H,24,25,26)/t14-,15-/m1/s1. The number of hydrogen-bond donors (Lipinski definition) is 1. The van der Waals surface area contributed by atoms with Gasteiger partial charge in [0.15, 0.2) is 0 Å². The molecule has 1 fully saturated rings. The van der Waals surface area contributed by atoms with Gasteiger partial charge in [-0.3, -0.25) is 0 Å². The van der Waals surface area contributed by atoms with Crippen LogP contribution in [0.1, 0.15) is 47.8 Å². The Balaban J connectivity index is 1.62. The molecule has 3 heterocycles. The van der Waals surface area contributed by atoms with E-state index < -0.39 is 0 Å². The van der Waals surface area contributed by atoms with Crippen LogP contribution in [-0.4, -0.2) is 46.8 Å². The number of fused-ring (bicyclic) bond motifs is 1. The smallest absolute Gasteiger partial charge is 0.348 e. The topological polar surface area (TPSA) is 95.5 Å². The highest BCUT2D eigenvalue weighted by atomic mass is 32.1. The van der Waals surface area contributed by atoms with Crippen molar-refractivity contribution in [3.8, 4) is 5.88 Å². The van der Waals surface area contributed by atoms with Crippen molar-refractivity contribution < 1.29 is 19.0 Å². The molecule has 0 unspecified atom stereocenters. The molecule has 0 amide bonds. The van der Waals surface area contributed by atoms with E-state index in [9.17, 15) is 4.79 Å². The minimum Gasteiger partial charge on any atom is -0.473 e. The van der Waals surface area contributed by atoms with Gasteiger partial charge in [0.05, 0.1) is 18.1 Å². The Labute approximate surface area is 185 Å². The molecule has 1 aliphatic rings. The van der Waals surface area contributed by atoms with Crippen LogP contribution in [0, 0.1) is 6.92 Å². The number of rotatable bonds is 7. The van der Waals surface area contributed by atoms with E-state index in [1.807, 2.05) is 19.1 Å². The zero-order valence-electron chi connectivity index (χ0n) is 17.9. The summed E-state index contributed by atoms with van der Waals surface area (Å²) in [6, 6.07) is 3.75. The highest BCUT2D eigenvalue weighted by Crippen LogP contribution is 2.36. The Hall–Kier alpha value is -2.78. The first-order valence-corrected chi connectivity index (χ1v) is 11.2. The fourth-order valence-electron chi connectivity index (χ4n) is 3.85. The monoisotopic (exact) mass is 442 g/mol. The molecular weight excluding hydrogens is 416 g/mol. The first kappa shape index (κ1) is 21.5. The lowest BCUT2D eigenvalue weighted by Gasteiger charge is -2.28. The molecule has 1 aliphatic carbocycles. The summed E-state index contributed by atoms with van der Waals surface area (Å²) in [5, 5.41) is 4.13. The van der Waals surface area contributed by atoms with Gasteiger partial charge in [-0.15, -0.1) is 11.3 Å². The molecule has 164 valence electrons. The van der Waals surface area contributed by atoms with Crippen molar-refractivity contribution in [1.82, 2.24) is 15.0 Å². The van der Waals surface area contributed by atoms with Crippen LogP contribution in [0.15, 0.2) is 24.7 Å². The van der Waals surface area contributed by atoms with Gasteiger partial charge in [0.25, 0.3) is 0 Å². The molecule has 0 bridgehead atoms. The van der Waals surface area contributed by atoms with E-state index in [0.717, 1.165) is 41.5 Å². The molecule has 9 heteroatoms. The Morgan fingerprint density at radius 2 is 2.10 bits per heavy atom. The van der Waals surface area contributed by atoms with Gasteiger partial charge in [-0.05, 0) is 50.8 Å². The van der Waals surface area contributed by atoms with E-state index in [2.05, 4.69) is 20.3 Å². The molecule has 0 aromatic carbocycles. The molecule has 3 aromatic rings. The predicted octanol–water partition coefficient (Wildman–Crippen LogP) is 4.65. The summed E-state index contributed by atoms with van der Waals surface area (Å²) < 4.78 is 16.9. The summed E-state index contributed by atoms with van der Waals surface area (Å²) in [5.41, 5.74) is 1.51. The van der Waals surface area contributed by atoms with E-state index in [0.29, 0.717) is 28.9 Å². The Bertz CT molecular complexity index is 1070. The second-order valence-corrected chi connectivity index (χ2v) is 8.42. The van der Waals surface area contributed by atoms with Crippen molar-refractivity contribution in [2.24, 2.45) is 0 Å². The summed E-state index contributed by atoms with van der Waals surface area (Å²) in [6.45, 7) is 4.00. The zero-order valence-corrected chi connectivity index (χ0v) is 18.7. The number of nitrogens with zero attached hydrogens (tertiary/aromatic N) is 3. The summed E-state index contributed by atoms with van der Waals surface area (Å²) in [4.78, 5) is 26.8. The van der Waals surface area contributed by atoms with Crippen LogP contribution >= 0.6 is 11.3 Å². The largest absolute Gasteiger partial charge is 0.473 e. The lowest BCUT2D eigenvalue weighted by atomic mass is 9.95. The number of nitrogens with one attached hydrogen (secondary N) is 1. The molecule has 1 saturated carbocycles. The lowest BCUT2D eigenvalue weighted by molar-refractivity contribution is 0.0197. The molecule has 0 spiro atoms. The van der Waals surface area contributed by atoms with Crippen LogP contribution in [0.4, 0.5) is 11.5 Å². The van der Waals surface area contributed by atoms with Gasteiger partial charge in [-0.2, -0.15) is 0 Å². The van der Waals surface area contributed by atoms with Gasteiger partial charge < -0.3 is 19.5 Å². The summed E-state index contributed by atoms with van der Waals surface area (Å²) in [7, 11) is 1.74. The van der Waals surface area contributed by atoms with Crippen LogP contribution in [0.5, 0.6) is 5.88 Å². The normalized spacial score (nSPS) is 18.7. The Kier molecular flexibility index (Phi) is 6.62. The number of anilines is 2. The summed E-state index contributed by atoms with van der Waals surface area (Å²) in [5.74, 6) is 0.782. The van der Waals surface area contributed by atoms with Gasteiger partial charge in [0.2, 0.25) is 5.88 Å². The zero-order chi connectivity index (χ0) is 21.8. The Morgan fingerprint density at radius 1 is 1.26 bits per heavy atom. The first-order valence-electron chi connectivity index (χ1n) is 10.4. The first-order chi connectivity index (χ1) is 15.1. The van der Waals surface area contributed by atoms with E-state index in [-0.39, 0.29) is 18.2 Å². The lowest BCUT2D eigenvalue weighted by Crippen LogP contribution is -2.29. The van der Waals surface area contributed by atoms with E-state index >= 15 is 0 Å². The fourth-order valence-corrected chi connectivity index (χ4v) is 4.89. The van der Waals surface area contributed by atoms with Crippen molar-refractivity contribution in [3.05, 3.63) is 35.1 Å². The van der Waals surface area contributed by atoms with Gasteiger partial charge >= 0.3 is 5.97 Å². The number of ether oxygens (including phenoxy) is 3. The van der Waals surface area contributed by atoms with Gasteiger partial charge in [0, 0.05) is 19.7 Å². The van der Waals surface area contributed by atoms with Crippen molar-refractivity contribution in [3.63, 3.8) is 0 Å². The number of carbonyl (C=O) groups excluding carboxylic acids is 1. The number of esters is 1. The van der Waals surface area contributed by atoms with E-state index in [4.69, 9.17) is 14.2 Å². The molecule has 31 heavy (non-hydrogen) atoms. The summed E-state index contributed by atoms with van der Waals surface area (Å²) >= 11 is 1.31. The van der Waals surface area contributed by atoms with Gasteiger partial charge in [0.1, 0.15) is 33.6 Å². The maximum atomic E-state index is 12.3. The van der Waals surface area contributed by atoms with Gasteiger partial charge in [-0.1, -0.05) is 0 Å². The van der Waals surface area contributed by atoms with E-state index in [1.165, 1.54) is 17.7 Å². The molecule has 2 atom stereocenters. The van der Waals surface area contributed by atoms with Crippen LogP contribution < -0.4 is 10.1 Å². The second-order valence-electron chi connectivity index (χ2n) is 7.42. The average molecular weight is 443 g/mol. The maximum absolute atomic E-state index is 12.3. The average Bonchev–Trinajstić information content (AvgIpc) is 3.13. The number of hydrogen-bond acceptors (Lipinski definition) is 9. The quantitative estimate of drug-likeness (QED) is 0.528. The molecule has 0 aliphatic heterocycles. The fraction of sp³-hybridized carbons (Fsp3) is 0.455. The maximum Gasteiger partial charge on any atom is 0.348 e. The molecule has 0 saturated heterocycles. The molecular formula is C22H26N4O4S. The van der Waals surface area contributed by atoms with Crippen LogP contribution in [0.3, 0.4) is 0 Å². The number of pyridine rings is 1. The highest BCUT2D eigenvalue weighted by Gasteiger charge is 2.25. The third-order valence-electron chi connectivity index (χ3n) is 5.40. The molecule has 8 nitrogen and oxygen atoms in total. The van der Waals surface area contributed by atoms with Crippen LogP contribution in [-0.2, 0) is 9.47 Å². The third-order valence-corrected chi connectivity index (χ3v) is 6.58. The predicted molar refractivity (Wildman–Crippen MR) is 119 cm³/mol.